The predicted molar refractivity (Wildman–Crippen MR) is 74.7 cm³/mol. The van der Waals surface area contributed by atoms with Gasteiger partial charge in [-0.2, -0.15) is 0 Å². The molecule has 0 rings (SSSR count). The Kier molecular flexibility index (Phi) is 9.54. The Morgan fingerprint density at radius 2 is 1.52 bits per heavy atom. The molecule has 0 aliphatic carbocycles. The lowest BCUT2D eigenvalue weighted by atomic mass is 10.1. The highest BCUT2D eigenvalue weighted by Crippen LogP contribution is 2.14. The van der Waals surface area contributed by atoms with E-state index in [1.54, 1.807) is 0 Å². The van der Waals surface area contributed by atoms with E-state index in [1.165, 1.54) is 0 Å². The molecule has 132 valence electrons. The monoisotopic (exact) mass is 355 g/mol. The van der Waals surface area contributed by atoms with Crippen molar-refractivity contribution in [1.82, 2.24) is 10.6 Å². The van der Waals surface area contributed by atoms with Crippen molar-refractivity contribution < 1.29 is 43.4 Å². The molecule has 1 unspecified atom stereocenters. The van der Waals surface area contributed by atoms with Gasteiger partial charge in [0.2, 0.25) is 5.91 Å². The molecule has 12 nitrogen and oxygen atoms in total. The molecule has 3 amide bonds. The van der Waals surface area contributed by atoms with Crippen LogP contribution in [-0.4, -0.2) is 57.7 Å². The molecule has 0 bridgehead atoms. The van der Waals surface area contributed by atoms with Crippen LogP contribution in [0.2, 0.25) is 0 Å². The molecule has 0 heterocycles. The molecule has 0 fully saturated rings. The first kappa shape index (κ1) is 20.8. The Bertz CT molecular complexity index is 484. The molecule has 0 aromatic carbocycles. The summed E-state index contributed by atoms with van der Waals surface area (Å²) in [6.07, 6.45) is -0.845. The Labute approximate surface area is 130 Å². The normalized spacial score (nSPS) is 14.3. The van der Waals surface area contributed by atoms with E-state index in [4.69, 9.17) is 20.8 Å². The third-order valence-corrected chi connectivity index (χ3v) is 2.97. The SMILES string of the molecule is NC(=O)CC[C@@H](NC(=O)N[C@H](CCO[PH](=O)O)C(=O)O)C(=O)O. The van der Waals surface area contributed by atoms with Crippen molar-refractivity contribution in [2.24, 2.45) is 5.73 Å². The second-order valence-corrected chi connectivity index (χ2v) is 5.13. The van der Waals surface area contributed by atoms with Crippen molar-refractivity contribution in [3.05, 3.63) is 0 Å². The highest BCUT2D eigenvalue weighted by molar-refractivity contribution is 7.32. The van der Waals surface area contributed by atoms with E-state index in [0.717, 1.165) is 0 Å². The van der Waals surface area contributed by atoms with Crippen molar-refractivity contribution >= 4 is 32.1 Å². The Balaban J connectivity index is 4.52. The summed E-state index contributed by atoms with van der Waals surface area (Å²) in [5.74, 6) is -3.61. The first-order valence-electron chi connectivity index (χ1n) is 6.30. The fourth-order valence-electron chi connectivity index (χ4n) is 1.42. The summed E-state index contributed by atoms with van der Waals surface area (Å²) < 4.78 is 14.6. The molecule has 7 N–H and O–H groups in total. The van der Waals surface area contributed by atoms with Crippen molar-refractivity contribution in [2.75, 3.05) is 6.61 Å². The molecular formula is C10H18N3O9P. The summed E-state index contributed by atoms with van der Waals surface area (Å²) in [4.78, 5) is 52.5. The van der Waals surface area contributed by atoms with Crippen LogP contribution in [0.3, 0.4) is 0 Å². The van der Waals surface area contributed by atoms with Gasteiger partial charge in [-0.05, 0) is 6.42 Å². The van der Waals surface area contributed by atoms with Crippen molar-refractivity contribution in [3.8, 4) is 0 Å². The zero-order chi connectivity index (χ0) is 18.0. The Morgan fingerprint density at radius 1 is 1.04 bits per heavy atom. The number of hydrogen-bond donors (Lipinski definition) is 6. The van der Waals surface area contributed by atoms with Crippen LogP contribution in [0.1, 0.15) is 19.3 Å². The van der Waals surface area contributed by atoms with Crippen LogP contribution < -0.4 is 16.4 Å². The van der Waals surface area contributed by atoms with Crippen molar-refractivity contribution in [2.45, 2.75) is 31.3 Å². The van der Waals surface area contributed by atoms with Crippen LogP contribution in [0.25, 0.3) is 0 Å². The van der Waals surface area contributed by atoms with E-state index in [0.29, 0.717) is 0 Å². The first-order valence-corrected chi connectivity index (χ1v) is 7.56. The topological polar surface area (TPSA) is 205 Å². The van der Waals surface area contributed by atoms with Gasteiger partial charge in [0.1, 0.15) is 12.1 Å². The summed E-state index contributed by atoms with van der Waals surface area (Å²) >= 11 is 0. The van der Waals surface area contributed by atoms with Gasteiger partial charge in [0.25, 0.3) is 0 Å². The van der Waals surface area contributed by atoms with E-state index in [1.807, 2.05) is 10.6 Å². The zero-order valence-electron chi connectivity index (χ0n) is 11.9. The van der Waals surface area contributed by atoms with E-state index < -0.39 is 50.8 Å². The summed E-state index contributed by atoms with van der Waals surface area (Å²) in [6.45, 7) is -0.393. The number of carbonyl (C=O) groups is 4. The predicted octanol–water partition coefficient (Wildman–Crippen LogP) is -1.75. The summed E-state index contributed by atoms with van der Waals surface area (Å²) in [7, 11) is -3.22. The Morgan fingerprint density at radius 3 is 1.91 bits per heavy atom. The van der Waals surface area contributed by atoms with E-state index in [-0.39, 0.29) is 19.3 Å². The standard InChI is InChI=1S/C10H18N3O9P/c11-7(14)2-1-5(8(15)16)12-10(19)13-6(9(17)18)3-4-22-23(20)21/h5-6,23H,1-4H2,(H2,11,14)(H,15,16)(H,17,18)(H,20,21)(H2,12,13,19)/t5-,6-/m1/s1. The highest BCUT2D eigenvalue weighted by atomic mass is 31.1. The van der Waals surface area contributed by atoms with Crippen LogP contribution in [0.15, 0.2) is 0 Å². The fourth-order valence-corrected chi connectivity index (χ4v) is 1.72. The molecule has 0 spiro atoms. The zero-order valence-corrected chi connectivity index (χ0v) is 12.9. The fraction of sp³-hybridized carbons (Fsp3) is 0.600. The number of carboxylic acid groups (broad SMARTS) is 2. The maximum Gasteiger partial charge on any atom is 0.326 e. The molecule has 0 aliphatic rings. The molecule has 0 radical (unpaired) electrons. The van der Waals surface area contributed by atoms with Crippen molar-refractivity contribution in [1.29, 1.82) is 0 Å². The smallest absolute Gasteiger partial charge is 0.326 e. The van der Waals surface area contributed by atoms with Gasteiger partial charge in [0, 0.05) is 12.8 Å². The summed E-state index contributed by atoms with van der Waals surface area (Å²) in [5, 5.41) is 21.8. The molecule has 0 aromatic heterocycles. The quantitative estimate of drug-likeness (QED) is 0.232. The number of rotatable bonds is 11. The first-order chi connectivity index (χ1) is 10.6. The second-order valence-electron chi connectivity index (χ2n) is 4.31. The van der Waals surface area contributed by atoms with Crippen LogP contribution in [0.5, 0.6) is 0 Å². The Hall–Kier alpha value is -2.17. The van der Waals surface area contributed by atoms with Crippen molar-refractivity contribution in [3.63, 3.8) is 0 Å². The van der Waals surface area contributed by atoms with Crippen LogP contribution in [0.4, 0.5) is 4.79 Å². The van der Waals surface area contributed by atoms with Gasteiger partial charge >= 0.3 is 26.2 Å². The minimum Gasteiger partial charge on any atom is -0.480 e. The molecule has 0 aromatic rings. The van der Waals surface area contributed by atoms with Gasteiger partial charge < -0.3 is 36.0 Å². The molecule has 0 saturated carbocycles. The average Bonchev–Trinajstić information content (AvgIpc) is 2.41. The van der Waals surface area contributed by atoms with Gasteiger partial charge in [0.15, 0.2) is 0 Å². The van der Waals surface area contributed by atoms with Crippen LogP contribution >= 0.6 is 8.25 Å². The highest BCUT2D eigenvalue weighted by Gasteiger charge is 2.24. The minimum absolute atomic E-state index is 0.259. The lowest BCUT2D eigenvalue weighted by Gasteiger charge is -2.18. The van der Waals surface area contributed by atoms with Gasteiger partial charge in [-0.15, -0.1) is 0 Å². The molecule has 0 aliphatic heterocycles. The largest absolute Gasteiger partial charge is 0.480 e. The molecule has 3 atom stereocenters. The van der Waals surface area contributed by atoms with Gasteiger partial charge in [0.05, 0.1) is 6.61 Å². The van der Waals surface area contributed by atoms with E-state index in [2.05, 4.69) is 4.52 Å². The third-order valence-electron chi connectivity index (χ3n) is 2.52. The van der Waals surface area contributed by atoms with Gasteiger partial charge in [-0.3, -0.25) is 9.36 Å². The van der Waals surface area contributed by atoms with Gasteiger partial charge in [-0.1, -0.05) is 0 Å². The maximum atomic E-state index is 11.6. The summed E-state index contributed by atoms with van der Waals surface area (Å²) in [6, 6.07) is -3.98. The number of urea groups is 1. The number of hydrogen-bond acceptors (Lipinski definition) is 6. The number of primary amides is 1. The number of amides is 3. The molecule has 23 heavy (non-hydrogen) atoms. The number of carboxylic acids is 2. The van der Waals surface area contributed by atoms with Crippen LogP contribution in [0, 0.1) is 0 Å². The van der Waals surface area contributed by atoms with Crippen LogP contribution in [-0.2, 0) is 23.5 Å². The van der Waals surface area contributed by atoms with E-state index >= 15 is 0 Å². The maximum absolute atomic E-state index is 11.6. The molecular weight excluding hydrogens is 337 g/mol. The average molecular weight is 355 g/mol. The van der Waals surface area contributed by atoms with Gasteiger partial charge in [-0.25, -0.2) is 14.4 Å². The molecule has 13 heteroatoms. The van der Waals surface area contributed by atoms with E-state index in [9.17, 15) is 23.7 Å². The lowest BCUT2D eigenvalue weighted by molar-refractivity contribution is -0.140. The number of carbonyl (C=O) groups excluding carboxylic acids is 2. The lowest BCUT2D eigenvalue weighted by Crippen LogP contribution is -2.51. The summed E-state index contributed by atoms with van der Waals surface area (Å²) in [5.41, 5.74) is 4.88. The minimum atomic E-state index is -3.22. The second kappa shape index (κ2) is 10.5. The molecule has 0 saturated heterocycles. The number of nitrogens with two attached hydrogens (primary N) is 1. The number of nitrogens with one attached hydrogen (secondary N) is 2. The third kappa shape index (κ3) is 10.2. The number of aliphatic carboxylic acids is 2.